The molecule has 1 nitrogen and oxygen atoms in total. The van der Waals surface area contributed by atoms with Crippen molar-refractivity contribution in [1.29, 1.82) is 0 Å². The molecule has 0 saturated heterocycles. The molecule has 0 aliphatic rings. The van der Waals surface area contributed by atoms with E-state index in [0.717, 1.165) is 6.07 Å². The maximum Gasteiger partial charge on any atom is 0.144 e. The summed E-state index contributed by atoms with van der Waals surface area (Å²) in [6, 6.07) is 1.97. The van der Waals surface area contributed by atoms with Gasteiger partial charge in [0.25, 0.3) is 0 Å². The lowest BCUT2D eigenvalue weighted by Crippen LogP contribution is -2.34. The van der Waals surface area contributed by atoms with Gasteiger partial charge in [0.1, 0.15) is 11.6 Å². The van der Waals surface area contributed by atoms with Crippen LogP contribution in [-0.2, 0) is 6.42 Å². The highest BCUT2D eigenvalue weighted by molar-refractivity contribution is 6.31. The summed E-state index contributed by atoms with van der Waals surface area (Å²) >= 11 is 5.67. The van der Waals surface area contributed by atoms with Gasteiger partial charge in [0.15, 0.2) is 0 Å². The van der Waals surface area contributed by atoms with E-state index >= 15 is 0 Å². The quantitative estimate of drug-likeness (QED) is 0.761. The first-order valence-electron chi connectivity index (χ1n) is 4.22. The van der Waals surface area contributed by atoms with Gasteiger partial charge in [-0.05, 0) is 31.9 Å². The Morgan fingerprint density at radius 3 is 2.43 bits per heavy atom. The fraction of sp³-hybridized carbons (Fsp3) is 0.400. The topological polar surface area (TPSA) is 26.0 Å². The molecule has 0 fully saturated rings. The Bertz CT molecular complexity index is 345. The van der Waals surface area contributed by atoms with Gasteiger partial charge in [-0.25, -0.2) is 8.78 Å². The van der Waals surface area contributed by atoms with E-state index in [4.69, 9.17) is 17.3 Å². The molecule has 0 unspecified atom stereocenters. The molecule has 0 atom stereocenters. The van der Waals surface area contributed by atoms with E-state index in [1.807, 2.05) is 0 Å². The maximum absolute atomic E-state index is 13.0. The summed E-state index contributed by atoms with van der Waals surface area (Å²) in [5, 5.41) is -0.0510. The Morgan fingerprint density at radius 2 is 1.93 bits per heavy atom. The van der Waals surface area contributed by atoms with Gasteiger partial charge in [0.2, 0.25) is 0 Å². The minimum Gasteiger partial charge on any atom is -0.325 e. The van der Waals surface area contributed by atoms with Crippen LogP contribution in [0.4, 0.5) is 8.78 Å². The van der Waals surface area contributed by atoms with E-state index in [-0.39, 0.29) is 5.02 Å². The molecule has 1 rings (SSSR count). The minimum atomic E-state index is -0.745. The molecule has 0 radical (unpaired) electrons. The highest BCUT2D eigenvalue weighted by Crippen LogP contribution is 2.24. The zero-order valence-corrected chi connectivity index (χ0v) is 8.83. The summed E-state index contributed by atoms with van der Waals surface area (Å²) in [4.78, 5) is 0. The average Bonchev–Trinajstić information content (AvgIpc) is 1.96. The van der Waals surface area contributed by atoms with Crippen LogP contribution in [0.5, 0.6) is 0 Å². The molecular weight excluding hydrogens is 208 g/mol. The number of halogens is 3. The van der Waals surface area contributed by atoms with Gasteiger partial charge in [-0.15, -0.1) is 0 Å². The molecule has 0 saturated carbocycles. The molecule has 1 aromatic rings. The van der Waals surface area contributed by atoms with Crippen LogP contribution in [-0.4, -0.2) is 5.54 Å². The van der Waals surface area contributed by atoms with Gasteiger partial charge in [-0.3, -0.25) is 0 Å². The van der Waals surface area contributed by atoms with E-state index in [0.29, 0.717) is 12.0 Å². The van der Waals surface area contributed by atoms with Crippen molar-refractivity contribution in [2.45, 2.75) is 25.8 Å². The fourth-order valence-corrected chi connectivity index (χ4v) is 1.40. The number of nitrogens with two attached hydrogens (primary N) is 1. The molecule has 0 aliphatic carbocycles. The summed E-state index contributed by atoms with van der Waals surface area (Å²) in [7, 11) is 0. The average molecular weight is 220 g/mol. The zero-order chi connectivity index (χ0) is 10.9. The summed E-state index contributed by atoms with van der Waals surface area (Å²) in [6.45, 7) is 3.54. The van der Waals surface area contributed by atoms with Crippen molar-refractivity contribution >= 4 is 11.6 Å². The van der Waals surface area contributed by atoms with Gasteiger partial charge >= 0.3 is 0 Å². The van der Waals surface area contributed by atoms with Crippen molar-refractivity contribution in [1.82, 2.24) is 0 Å². The van der Waals surface area contributed by atoms with Crippen LogP contribution < -0.4 is 5.73 Å². The molecule has 0 bridgehead atoms. The summed E-state index contributed by atoms with van der Waals surface area (Å²) < 4.78 is 25.8. The lowest BCUT2D eigenvalue weighted by molar-refractivity contribution is 0.509. The highest BCUT2D eigenvalue weighted by atomic mass is 35.5. The molecule has 1 aromatic carbocycles. The summed E-state index contributed by atoms with van der Waals surface area (Å²) in [5.41, 5.74) is 5.59. The fourth-order valence-electron chi connectivity index (χ4n) is 1.23. The largest absolute Gasteiger partial charge is 0.325 e. The first kappa shape index (κ1) is 11.4. The van der Waals surface area contributed by atoms with Gasteiger partial charge in [0, 0.05) is 11.6 Å². The molecule has 2 N–H and O–H groups in total. The molecule has 14 heavy (non-hydrogen) atoms. The molecule has 0 aliphatic heterocycles. The van der Waals surface area contributed by atoms with Gasteiger partial charge in [0.05, 0.1) is 5.02 Å². The van der Waals surface area contributed by atoms with Gasteiger partial charge in [-0.1, -0.05) is 11.6 Å². The maximum atomic E-state index is 13.0. The van der Waals surface area contributed by atoms with Crippen molar-refractivity contribution in [2.75, 3.05) is 0 Å². The van der Waals surface area contributed by atoms with Crippen molar-refractivity contribution in [3.63, 3.8) is 0 Å². The van der Waals surface area contributed by atoms with Gasteiger partial charge in [-0.2, -0.15) is 0 Å². The third-order valence-corrected chi connectivity index (χ3v) is 2.14. The normalized spacial score (nSPS) is 11.9. The van der Waals surface area contributed by atoms with Crippen molar-refractivity contribution < 1.29 is 8.78 Å². The van der Waals surface area contributed by atoms with Gasteiger partial charge < -0.3 is 5.73 Å². The standard InChI is InChI=1S/C10H12ClF2N/c1-10(2,14)5-6-3-7(12)4-8(13)9(6)11/h3-4H,5,14H2,1-2H3. The highest BCUT2D eigenvalue weighted by Gasteiger charge is 2.16. The van der Waals surface area contributed by atoms with Crippen LogP contribution in [0.2, 0.25) is 5.02 Å². The molecule has 0 spiro atoms. The first-order chi connectivity index (χ1) is 6.29. The Morgan fingerprint density at radius 1 is 1.36 bits per heavy atom. The van der Waals surface area contributed by atoms with E-state index < -0.39 is 17.2 Å². The minimum absolute atomic E-state index is 0.0510. The molecule has 0 amide bonds. The number of benzene rings is 1. The Hall–Kier alpha value is -0.670. The third-order valence-electron chi connectivity index (χ3n) is 1.71. The van der Waals surface area contributed by atoms with Crippen molar-refractivity contribution in [3.05, 3.63) is 34.4 Å². The SMILES string of the molecule is CC(C)(N)Cc1cc(F)cc(F)c1Cl. The van der Waals surface area contributed by atoms with Crippen LogP contribution >= 0.6 is 11.6 Å². The Labute approximate surface area is 86.9 Å². The predicted molar refractivity (Wildman–Crippen MR) is 53.3 cm³/mol. The van der Waals surface area contributed by atoms with Crippen LogP contribution in [0, 0.1) is 11.6 Å². The zero-order valence-electron chi connectivity index (χ0n) is 8.07. The predicted octanol–water partition coefficient (Wildman–Crippen LogP) is 2.90. The van der Waals surface area contributed by atoms with Crippen molar-refractivity contribution in [3.8, 4) is 0 Å². The number of hydrogen-bond donors (Lipinski definition) is 1. The molecular formula is C10H12ClF2N. The third kappa shape index (κ3) is 2.93. The van der Waals surface area contributed by atoms with Crippen molar-refractivity contribution in [2.24, 2.45) is 5.73 Å². The molecule has 78 valence electrons. The van der Waals surface area contributed by atoms with E-state index in [9.17, 15) is 8.78 Å². The van der Waals surface area contributed by atoms with Crippen LogP contribution in [0.1, 0.15) is 19.4 Å². The summed E-state index contributed by atoms with van der Waals surface area (Å²) in [6.07, 6.45) is 0.334. The van der Waals surface area contributed by atoms with E-state index in [1.165, 1.54) is 6.07 Å². The molecule has 0 heterocycles. The Balaban J connectivity index is 3.09. The monoisotopic (exact) mass is 219 g/mol. The lowest BCUT2D eigenvalue weighted by atomic mass is 9.96. The smallest absolute Gasteiger partial charge is 0.144 e. The second kappa shape index (κ2) is 3.83. The van der Waals surface area contributed by atoms with E-state index in [1.54, 1.807) is 13.8 Å². The molecule has 0 aromatic heterocycles. The number of hydrogen-bond acceptors (Lipinski definition) is 1. The Kier molecular flexibility index (Phi) is 3.12. The first-order valence-corrected chi connectivity index (χ1v) is 4.60. The molecule has 4 heteroatoms. The van der Waals surface area contributed by atoms with E-state index in [2.05, 4.69) is 0 Å². The second-order valence-electron chi connectivity index (χ2n) is 4.03. The van der Waals surface area contributed by atoms with Crippen LogP contribution in [0.3, 0.4) is 0 Å². The second-order valence-corrected chi connectivity index (χ2v) is 4.40. The lowest BCUT2D eigenvalue weighted by Gasteiger charge is -2.19. The summed E-state index contributed by atoms with van der Waals surface area (Å²) in [5.74, 6) is -1.38. The van der Waals surface area contributed by atoms with Crippen LogP contribution in [0.25, 0.3) is 0 Å². The number of rotatable bonds is 2. The van der Waals surface area contributed by atoms with Crippen LogP contribution in [0.15, 0.2) is 12.1 Å².